The van der Waals surface area contributed by atoms with Crippen LogP contribution in [0.1, 0.15) is 29.2 Å². The normalized spacial score (nSPS) is 16.6. The van der Waals surface area contributed by atoms with Gasteiger partial charge in [-0.15, -0.1) is 0 Å². The number of furan rings is 1. The summed E-state index contributed by atoms with van der Waals surface area (Å²) in [5.74, 6) is 0.824. The van der Waals surface area contributed by atoms with Crippen molar-refractivity contribution in [2.45, 2.75) is 12.3 Å². The summed E-state index contributed by atoms with van der Waals surface area (Å²) in [4.78, 5) is 9.94. The van der Waals surface area contributed by atoms with Gasteiger partial charge < -0.3 is 9.73 Å². The number of aliphatic imine (C=N–C) groups is 1. The van der Waals surface area contributed by atoms with Crippen LogP contribution in [0.25, 0.3) is 44.2 Å². The number of aromatic nitrogens is 1. The third-order valence-corrected chi connectivity index (χ3v) is 8.02. The Labute approximate surface area is 249 Å². The van der Waals surface area contributed by atoms with Crippen LogP contribution >= 0.6 is 0 Å². The molecule has 2 atom stereocenters. The largest absolute Gasteiger partial charge is 0.456 e. The lowest BCUT2D eigenvalue weighted by molar-refractivity contribution is 0.404. The van der Waals surface area contributed by atoms with Gasteiger partial charge in [-0.1, -0.05) is 115 Å². The molecule has 2 unspecified atom stereocenters. The molecule has 3 heterocycles. The maximum absolute atomic E-state index is 6.46. The van der Waals surface area contributed by atoms with Crippen molar-refractivity contribution < 1.29 is 4.42 Å². The highest BCUT2D eigenvalue weighted by atomic mass is 16.3. The van der Waals surface area contributed by atoms with Gasteiger partial charge in [0.2, 0.25) is 0 Å². The molecule has 1 aliphatic heterocycles. The molecule has 7 aromatic rings. The van der Waals surface area contributed by atoms with Crippen LogP contribution in [0.3, 0.4) is 0 Å². The number of pyridine rings is 1. The van der Waals surface area contributed by atoms with Gasteiger partial charge in [-0.25, -0.2) is 4.99 Å². The Bertz CT molecular complexity index is 2090. The highest BCUT2D eigenvalue weighted by Crippen LogP contribution is 2.37. The maximum Gasteiger partial charge on any atom is 0.138 e. The highest BCUT2D eigenvalue weighted by molar-refractivity contribution is 6.08. The molecule has 5 nitrogen and oxygen atoms in total. The highest BCUT2D eigenvalue weighted by Gasteiger charge is 2.28. The first-order valence-electron chi connectivity index (χ1n) is 14.5. The molecule has 0 aliphatic carbocycles. The van der Waals surface area contributed by atoms with Gasteiger partial charge in [0.15, 0.2) is 0 Å². The summed E-state index contributed by atoms with van der Waals surface area (Å²) < 4.78 is 6.46. The van der Waals surface area contributed by atoms with E-state index in [0.717, 1.165) is 55.7 Å². The lowest BCUT2D eigenvalue weighted by atomic mass is 9.98. The quantitative estimate of drug-likeness (QED) is 0.223. The second-order valence-corrected chi connectivity index (χ2v) is 10.7. The van der Waals surface area contributed by atoms with Gasteiger partial charge >= 0.3 is 0 Å². The predicted octanol–water partition coefficient (Wildman–Crippen LogP) is 8.65. The van der Waals surface area contributed by atoms with E-state index in [4.69, 9.17) is 14.4 Å². The number of hydrogen-bond donors (Lipinski definition) is 2. The van der Waals surface area contributed by atoms with E-state index >= 15 is 0 Å². The summed E-state index contributed by atoms with van der Waals surface area (Å²) in [5, 5.41) is 9.34. The first-order chi connectivity index (χ1) is 21.3. The average molecular weight is 557 g/mol. The monoisotopic (exact) mass is 556 g/mol. The second kappa shape index (κ2) is 10.7. The zero-order chi connectivity index (χ0) is 28.6. The first-order valence-corrected chi connectivity index (χ1v) is 14.5. The number of fused-ring (bicyclic) bond motifs is 3. The molecule has 2 N–H and O–H groups in total. The van der Waals surface area contributed by atoms with Crippen molar-refractivity contribution in [3.8, 4) is 22.3 Å². The molecule has 43 heavy (non-hydrogen) atoms. The van der Waals surface area contributed by atoms with E-state index in [1.807, 2.05) is 54.7 Å². The molecular formula is C38H28N4O. The molecule has 5 aromatic carbocycles. The fourth-order valence-electron chi connectivity index (χ4n) is 5.90. The van der Waals surface area contributed by atoms with Crippen LogP contribution in [0.15, 0.2) is 155 Å². The molecule has 0 radical (unpaired) electrons. The Hall–Kier alpha value is -5.52. The molecule has 0 amide bonds. The van der Waals surface area contributed by atoms with Crippen LogP contribution < -0.4 is 10.6 Å². The Kier molecular flexibility index (Phi) is 6.28. The lowest BCUT2D eigenvalue weighted by Crippen LogP contribution is -2.45. The van der Waals surface area contributed by atoms with Gasteiger partial charge in [0.05, 0.1) is 11.1 Å². The van der Waals surface area contributed by atoms with Crippen LogP contribution in [0, 0.1) is 0 Å². The number of amidine groups is 1. The van der Waals surface area contributed by atoms with Crippen LogP contribution in [0.5, 0.6) is 0 Å². The third kappa shape index (κ3) is 4.76. The Morgan fingerprint density at radius 3 is 1.98 bits per heavy atom. The number of rotatable bonds is 5. The van der Waals surface area contributed by atoms with Crippen molar-refractivity contribution in [2.24, 2.45) is 4.99 Å². The molecular weight excluding hydrogens is 528 g/mol. The number of nitrogens with one attached hydrogen (secondary N) is 2. The SMILES string of the molecule is c1ccc(C2=NC(c3ccccc3)NC(c3nccc4oc5cc(-c6cccc(-c7ccccc7)c6)ccc5c34)N2)cc1. The zero-order valence-electron chi connectivity index (χ0n) is 23.3. The maximum atomic E-state index is 6.46. The van der Waals surface area contributed by atoms with Crippen LogP contribution in [0.2, 0.25) is 0 Å². The van der Waals surface area contributed by atoms with Gasteiger partial charge in [-0.3, -0.25) is 10.3 Å². The molecule has 5 heteroatoms. The Morgan fingerprint density at radius 1 is 0.558 bits per heavy atom. The summed E-state index contributed by atoms with van der Waals surface area (Å²) >= 11 is 0. The molecule has 0 spiro atoms. The van der Waals surface area contributed by atoms with E-state index in [1.165, 1.54) is 11.1 Å². The average Bonchev–Trinajstić information content (AvgIpc) is 3.47. The van der Waals surface area contributed by atoms with Crippen molar-refractivity contribution in [1.29, 1.82) is 0 Å². The summed E-state index contributed by atoms with van der Waals surface area (Å²) in [6, 6.07) is 48.0. The summed E-state index contributed by atoms with van der Waals surface area (Å²) in [5.41, 5.74) is 9.27. The molecule has 8 rings (SSSR count). The van der Waals surface area contributed by atoms with Gasteiger partial charge in [0, 0.05) is 17.1 Å². The molecule has 206 valence electrons. The second-order valence-electron chi connectivity index (χ2n) is 10.7. The lowest BCUT2D eigenvalue weighted by Gasteiger charge is -2.31. The van der Waals surface area contributed by atoms with E-state index in [2.05, 4.69) is 102 Å². The molecule has 0 bridgehead atoms. The van der Waals surface area contributed by atoms with Crippen LogP contribution in [0.4, 0.5) is 0 Å². The Balaban J connectivity index is 1.20. The standard InChI is InChI=1S/C38H28N4O/c1-4-11-25(12-5-1)28-17-10-18-29(23-28)30-19-20-31-33(24-30)43-32-21-22-39-35(34(31)32)38-41-36(26-13-6-2-7-14-26)40-37(42-38)27-15-8-3-9-16-27/h1-24,36,38,41H,(H,40,42). The fraction of sp³-hybridized carbons (Fsp3) is 0.0526. The van der Waals surface area contributed by atoms with Gasteiger partial charge in [0.1, 0.15) is 29.3 Å². The van der Waals surface area contributed by atoms with Crippen molar-refractivity contribution in [1.82, 2.24) is 15.6 Å². The van der Waals surface area contributed by atoms with E-state index in [1.54, 1.807) is 0 Å². The first kappa shape index (κ1) is 25.2. The molecule has 0 saturated heterocycles. The van der Waals surface area contributed by atoms with E-state index < -0.39 is 0 Å². The fourth-order valence-corrected chi connectivity index (χ4v) is 5.90. The van der Waals surface area contributed by atoms with Gasteiger partial charge in [-0.05, 0) is 52.1 Å². The minimum absolute atomic E-state index is 0.235. The topological polar surface area (TPSA) is 62.5 Å². The van der Waals surface area contributed by atoms with E-state index in [9.17, 15) is 0 Å². The number of benzene rings is 5. The van der Waals surface area contributed by atoms with Crippen LogP contribution in [-0.4, -0.2) is 10.8 Å². The minimum Gasteiger partial charge on any atom is -0.456 e. The molecule has 1 aliphatic rings. The molecule has 0 fully saturated rings. The minimum atomic E-state index is -0.287. The third-order valence-electron chi connectivity index (χ3n) is 8.02. The molecule has 2 aromatic heterocycles. The van der Waals surface area contributed by atoms with Gasteiger partial charge in [0.25, 0.3) is 0 Å². The van der Waals surface area contributed by atoms with Crippen molar-refractivity contribution in [2.75, 3.05) is 0 Å². The zero-order valence-corrected chi connectivity index (χ0v) is 23.3. The number of nitrogens with zero attached hydrogens (tertiary/aromatic N) is 2. The number of hydrogen-bond acceptors (Lipinski definition) is 5. The van der Waals surface area contributed by atoms with Crippen molar-refractivity contribution >= 4 is 27.8 Å². The van der Waals surface area contributed by atoms with Crippen molar-refractivity contribution in [3.05, 3.63) is 163 Å². The van der Waals surface area contributed by atoms with E-state index in [-0.39, 0.29) is 12.3 Å². The predicted molar refractivity (Wildman–Crippen MR) is 174 cm³/mol. The van der Waals surface area contributed by atoms with Crippen LogP contribution in [-0.2, 0) is 0 Å². The summed E-state index contributed by atoms with van der Waals surface area (Å²) in [7, 11) is 0. The molecule has 0 saturated carbocycles. The van der Waals surface area contributed by atoms with E-state index in [0.29, 0.717) is 0 Å². The summed E-state index contributed by atoms with van der Waals surface area (Å²) in [6.07, 6.45) is 1.30. The van der Waals surface area contributed by atoms with Gasteiger partial charge in [-0.2, -0.15) is 0 Å². The van der Waals surface area contributed by atoms with Crippen molar-refractivity contribution in [3.63, 3.8) is 0 Å². The summed E-state index contributed by atoms with van der Waals surface area (Å²) in [6.45, 7) is 0. The Morgan fingerprint density at radius 2 is 1.21 bits per heavy atom. The smallest absolute Gasteiger partial charge is 0.138 e.